The summed E-state index contributed by atoms with van der Waals surface area (Å²) >= 11 is 5.66. The SMILES string of the molecule is CCN(CC(=O)N(C)C)Cc1cnc(Cl)cn1. The Balaban J connectivity index is 2.57. The van der Waals surface area contributed by atoms with Crippen LogP contribution in [0.4, 0.5) is 0 Å². The van der Waals surface area contributed by atoms with Crippen molar-refractivity contribution in [1.29, 1.82) is 0 Å². The van der Waals surface area contributed by atoms with Crippen LogP contribution in [-0.4, -0.2) is 52.9 Å². The van der Waals surface area contributed by atoms with Gasteiger partial charge in [0, 0.05) is 20.6 Å². The highest BCUT2D eigenvalue weighted by Crippen LogP contribution is 2.04. The van der Waals surface area contributed by atoms with Gasteiger partial charge in [-0.25, -0.2) is 4.98 Å². The molecule has 94 valence electrons. The lowest BCUT2D eigenvalue weighted by Crippen LogP contribution is -2.36. The Kier molecular flexibility index (Phi) is 5.31. The van der Waals surface area contributed by atoms with Gasteiger partial charge in [0.25, 0.3) is 0 Å². The molecular weight excluding hydrogens is 240 g/mol. The van der Waals surface area contributed by atoms with E-state index in [4.69, 9.17) is 11.6 Å². The molecule has 1 heterocycles. The molecule has 0 spiro atoms. The third-order valence-corrected chi connectivity index (χ3v) is 2.56. The molecule has 1 amide bonds. The molecule has 1 aromatic rings. The van der Waals surface area contributed by atoms with Crippen molar-refractivity contribution < 1.29 is 4.79 Å². The van der Waals surface area contributed by atoms with E-state index in [1.54, 1.807) is 25.2 Å². The Morgan fingerprint density at radius 1 is 1.35 bits per heavy atom. The maximum Gasteiger partial charge on any atom is 0.236 e. The first-order valence-electron chi connectivity index (χ1n) is 5.41. The predicted octanol–water partition coefficient (Wildman–Crippen LogP) is 1.04. The van der Waals surface area contributed by atoms with Gasteiger partial charge in [0.1, 0.15) is 5.15 Å². The second-order valence-corrected chi connectivity index (χ2v) is 4.31. The molecule has 0 aromatic carbocycles. The van der Waals surface area contributed by atoms with Crippen molar-refractivity contribution in [3.05, 3.63) is 23.2 Å². The molecule has 1 rings (SSSR count). The van der Waals surface area contributed by atoms with Crippen molar-refractivity contribution >= 4 is 17.5 Å². The van der Waals surface area contributed by atoms with E-state index >= 15 is 0 Å². The van der Waals surface area contributed by atoms with Crippen molar-refractivity contribution in [3.63, 3.8) is 0 Å². The lowest BCUT2D eigenvalue weighted by Gasteiger charge is -2.21. The van der Waals surface area contributed by atoms with Crippen molar-refractivity contribution in [2.75, 3.05) is 27.2 Å². The quantitative estimate of drug-likeness (QED) is 0.790. The molecule has 0 aliphatic rings. The number of rotatable bonds is 5. The van der Waals surface area contributed by atoms with Crippen LogP contribution in [0.2, 0.25) is 5.15 Å². The average molecular weight is 257 g/mol. The smallest absolute Gasteiger partial charge is 0.236 e. The Bertz CT molecular complexity index is 366. The molecule has 0 bridgehead atoms. The molecule has 0 N–H and O–H groups in total. The lowest BCUT2D eigenvalue weighted by atomic mass is 10.3. The Morgan fingerprint density at radius 2 is 2.06 bits per heavy atom. The van der Waals surface area contributed by atoms with Gasteiger partial charge in [-0.2, -0.15) is 0 Å². The topological polar surface area (TPSA) is 49.3 Å². The number of nitrogens with zero attached hydrogens (tertiary/aromatic N) is 4. The molecule has 0 fully saturated rings. The summed E-state index contributed by atoms with van der Waals surface area (Å²) in [5.41, 5.74) is 0.808. The van der Waals surface area contributed by atoms with E-state index in [1.165, 1.54) is 6.20 Å². The summed E-state index contributed by atoms with van der Waals surface area (Å²) in [4.78, 5) is 23.3. The van der Waals surface area contributed by atoms with Gasteiger partial charge in [-0.15, -0.1) is 0 Å². The fourth-order valence-electron chi connectivity index (χ4n) is 1.26. The van der Waals surface area contributed by atoms with Gasteiger partial charge < -0.3 is 4.90 Å². The second kappa shape index (κ2) is 6.51. The standard InChI is InChI=1S/C11H17ClN4O/c1-4-16(8-11(17)15(2)3)7-9-5-14-10(12)6-13-9/h5-6H,4,7-8H2,1-3H3. The van der Waals surface area contributed by atoms with Crippen LogP contribution in [0.5, 0.6) is 0 Å². The lowest BCUT2D eigenvalue weighted by molar-refractivity contribution is -0.130. The molecule has 1 aromatic heterocycles. The third kappa shape index (κ3) is 4.66. The van der Waals surface area contributed by atoms with E-state index in [0.717, 1.165) is 12.2 Å². The molecule has 6 heteroatoms. The normalized spacial score (nSPS) is 10.6. The summed E-state index contributed by atoms with van der Waals surface area (Å²) in [7, 11) is 3.50. The van der Waals surface area contributed by atoms with Crippen molar-refractivity contribution in [2.24, 2.45) is 0 Å². The number of likely N-dealkylation sites (N-methyl/N-ethyl adjacent to an activating group) is 2. The highest BCUT2D eigenvalue weighted by atomic mass is 35.5. The maximum absolute atomic E-state index is 11.6. The minimum absolute atomic E-state index is 0.0776. The van der Waals surface area contributed by atoms with Crippen LogP contribution in [0.1, 0.15) is 12.6 Å². The zero-order valence-electron chi connectivity index (χ0n) is 10.4. The molecule has 0 saturated heterocycles. The van der Waals surface area contributed by atoms with Gasteiger partial charge in [-0.3, -0.25) is 14.7 Å². The zero-order chi connectivity index (χ0) is 12.8. The summed E-state index contributed by atoms with van der Waals surface area (Å²) < 4.78 is 0. The van der Waals surface area contributed by atoms with Gasteiger partial charge in [0.15, 0.2) is 0 Å². The van der Waals surface area contributed by atoms with Gasteiger partial charge in [-0.05, 0) is 6.54 Å². The Hall–Kier alpha value is -1.20. The first-order valence-corrected chi connectivity index (χ1v) is 5.79. The zero-order valence-corrected chi connectivity index (χ0v) is 11.1. The summed E-state index contributed by atoms with van der Waals surface area (Å²) in [6, 6.07) is 0. The van der Waals surface area contributed by atoms with Crippen molar-refractivity contribution in [2.45, 2.75) is 13.5 Å². The predicted molar refractivity (Wildman–Crippen MR) is 66.7 cm³/mol. The second-order valence-electron chi connectivity index (χ2n) is 3.92. The highest BCUT2D eigenvalue weighted by molar-refractivity contribution is 6.29. The van der Waals surface area contributed by atoms with Crippen molar-refractivity contribution in [3.8, 4) is 0 Å². The largest absolute Gasteiger partial charge is 0.348 e. The van der Waals surface area contributed by atoms with Gasteiger partial charge in [-0.1, -0.05) is 18.5 Å². The number of carbonyl (C=O) groups is 1. The third-order valence-electron chi connectivity index (χ3n) is 2.36. The van der Waals surface area contributed by atoms with Gasteiger partial charge in [0.05, 0.1) is 24.6 Å². The minimum Gasteiger partial charge on any atom is -0.348 e. The molecule has 0 aliphatic heterocycles. The maximum atomic E-state index is 11.6. The van der Waals surface area contributed by atoms with Crippen LogP contribution >= 0.6 is 11.6 Å². The average Bonchev–Trinajstić information content (AvgIpc) is 2.30. The molecule has 5 nitrogen and oxygen atoms in total. The number of hydrogen-bond acceptors (Lipinski definition) is 4. The number of aromatic nitrogens is 2. The van der Waals surface area contributed by atoms with Crippen LogP contribution in [0.3, 0.4) is 0 Å². The number of carbonyl (C=O) groups excluding carboxylic acids is 1. The van der Waals surface area contributed by atoms with Crippen LogP contribution < -0.4 is 0 Å². The minimum atomic E-state index is 0.0776. The van der Waals surface area contributed by atoms with Crippen molar-refractivity contribution in [1.82, 2.24) is 19.8 Å². The van der Waals surface area contributed by atoms with E-state index in [0.29, 0.717) is 18.2 Å². The molecule has 0 saturated carbocycles. The summed E-state index contributed by atoms with van der Waals surface area (Å²) in [6.07, 6.45) is 3.14. The fourth-order valence-corrected chi connectivity index (χ4v) is 1.36. The van der Waals surface area contributed by atoms with E-state index < -0.39 is 0 Å². The molecule has 0 radical (unpaired) electrons. The van der Waals surface area contributed by atoms with Crippen LogP contribution in [-0.2, 0) is 11.3 Å². The number of amides is 1. The van der Waals surface area contributed by atoms with Crippen LogP contribution in [0.15, 0.2) is 12.4 Å². The molecule has 0 atom stereocenters. The van der Waals surface area contributed by atoms with Gasteiger partial charge in [0.2, 0.25) is 5.91 Å². The van der Waals surface area contributed by atoms with Crippen LogP contribution in [0.25, 0.3) is 0 Å². The monoisotopic (exact) mass is 256 g/mol. The highest BCUT2D eigenvalue weighted by Gasteiger charge is 2.11. The molecule has 17 heavy (non-hydrogen) atoms. The Morgan fingerprint density at radius 3 is 2.53 bits per heavy atom. The Labute approximate surface area is 106 Å². The summed E-state index contributed by atoms with van der Waals surface area (Å²) in [5, 5.41) is 0.376. The first-order chi connectivity index (χ1) is 8.02. The van der Waals surface area contributed by atoms with E-state index in [-0.39, 0.29) is 5.91 Å². The number of hydrogen-bond donors (Lipinski definition) is 0. The van der Waals surface area contributed by atoms with E-state index in [2.05, 4.69) is 9.97 Å². The fraction of sp³-hybridized carbons (Fsp3) is 0.545. The van der Waals surface area contributed by atoms with E-state index in [1.807, 2.05) is 11.8 Å². The number of halogens is 1. The van der Waals surface area contributed by atoms with E-state index in [9.17, 15) is 4.79 Å². The molecule has 0 aliphatic carbocycles. The summed E-state index contributed by atoms with van der Waals surface area (Å²) in [5.74, 6) is 0.0776. The van der Waals surface area contributed by atoms with Crippen LogP contribution in [0, 0.1) is 0 Å². The molecular formula is C11H17ClN4O. The first kappa shape index (κ1) is 13.9. The van der Waals surface area contributed by atoms with Gasteiger partial charge >= 0.3 is 0 Å². The summed E-state index contributed by atoms with van der Waals surface area (Å²) in [6.45, 7) is 3.77. The molecule has 0 unspecified atom stereocenters.